The molecule has 0 saturated carbocycles. The van der Waals surface area contributed by atoms with Crippen LogP contribution < -0.4 is 14.2 Å². The SMILES string of the molecule is COc1ccc(OC[C@H](C)NS(=O)(=O)c2c(C)cc(C)cc2C)cc1. The van der Waals surface area contributed by atoms with E-state index in [2.05, 4.69) is 4.72 Å². The molecule has 0 saturated heterocycles. The highest BCUT2D eigenvalue weighted by Crippen LogP contribution is 2.22. The molecule has 0 aromatic heterocycles. The molecular formula is C19H25NO4S. The van der Waals surface area contributed by atoms with Gasteiger partial charge in [0.15, 0.2) is 0 Å². The summed E-state index contributed by atoms with van der Waals surface area (Å²) in [6, 6.07) is 10.5. The van der Waals surface area contributed by atoms with Gasteiger partial charge in [-0.2, -0.15) is 0 Å². The molecule has 1 N–H and O–H groups in total. The Bertz CT molecular complexity index is 806. The fourth-order valence-corrected chi connectivity index (χ4v) is 4.52. The molecule has 5 nitrogen and oxygen atoms in total. The smallest absolute Gasteiger partial charge is 0.241 e. The normalized spacial score (nSPS) is 12.7. The Hall–Kier alpha value is -2.05. The van der Waals surface area contributed by atoms with Crippen molar-refractivity contribution in [3.05, 3.63) is 53.1 Å². The summed E-state index contributed by atoms with van der Waals surface area (Å²) in [5, 5.41) is 0. The first-order valence-electron chi connectivity index (χ1n) is 8.10. The molecule has 0 radical (unpaired) electrons. The van der Waals surface area contributed by atoms with E-state index in [9.17, 15) is 8.42 Å². The van der Waals surface area contributed by atoms with E-state index in [1.165, 1.54) is 0 Å². The van der Waals surface area contributed by atoms with Gasteiger partial charge in [0.2, 0.25) is 10.0 Å². The lowest BCUT2D eigenvalue weighted by Crippen LogP contribution is -2.37. The second-order valence-corrected chi connectivity index (χ2v) is 7.89. The number of hydrogen-bond donors (Lipinski definition) is 1. The summed E-state index contributed by atoms with van der Waals surface area (Å²) < 4.78 is 38.8. The zero-order chi connectivity index (χ0) is 18.6. The van der Waals surface area contributed by atoms with Gasteiger partial charge in [0.05, 0.1) is 18.0 Å². The van der Waals surface area contributed by atoms with Crippen LogP contribution in [0.2, 0.25) is 0 Å². The number of sulfonamides is 1. The summed E-state index contributed by atoms with van der Waals surface area (Å²) in [5.74, 6) is 1.40. The molecule has 136 valence electrons. The first-order chi connectivity index (χ1) is 11.7. The maximum atomic E-state index is 12.7. The maximum absolute atomic E-state index is 12.7. The zero-order valence-electron chi connectivity index (χ0n) is 15.3. The molecule has 0 fully saturated rings. The average Bonchev–Trinajstić information content (AvgIpc) is 2.51. The van der Waals surface area contributed by atoms with Crippen LogP contribution in [-0.2, 0) is 10.0 Å². The minimum Gasteiger partial charge on any atom is -0.497 e. The molecule has 6 heteroatoms. The van der Waals surface area contributed by atoms with Gasteiger partial charge in [-0.25, -0.2) is 13.1 Å². The molecule has 0 heterocycles. The number of rotatable bonds is 7. The lowest BCUT2D eigenvalue weighted by molar-refractivity contribution is 0.287. The van der Waals surface area contributed by atoms with Crippen LogP contribution in [0.1, 0.15) is 23.6 Å². The van der Waals surface area contributed by atoms with Gasteiger partial charge >= 0.3 is 0 Å². The molecule has 0 bridgehead atoms. The molecule has 2 aromatic carbocycles. The molecule has 0 aliphatic carbocycles. The van der Waals surface area contributed by atoms with Crippen LogP contribution in [0.3, 0.4) is 0 Å². The predicted molar refractivity (Wildman–Crippen MR) is 98.9 cm³/mol. The fourth-order valence-electron chi connectivity index (χ4n) is 2.84. The molecule has 0 aliphatic heterocycles. The van der Waals surface area contributed by atoms with Gasteiger partial charge in [-0.3, -0.25) is 0 Å². The summed E-state index contributed by atoms with van der Waals surface area (Å²) in [5.41, 5.74) is 2.53. The van der Waals surface area contributed by atoms with Crippen molar-refractivity contribution in [2.75, 3.05) is 13.7 Å². The molecule has 1 atom stereocenters. The lowest BCUT2D eigenvalue weighted by atomic mass is 10.1. The molecule has 0 unspecified atom stereocenters. The molecular weight excluding hydrogens is 338 g/mol. The van der Waals surface area contributed by atoms with E-state index in [0.29, 0.717) is 10.6 Å². The second kappa shape index (κ2) is 7.89. The number of nitrogens with one attached hydrogen (secondary N) is 1. The summed E-state index contributed by atoms with van der Waals surface area (Å²) in [7, 11) is -2.00. The Morgan fingerprint density at radius 2 is 1.52 bits per heavy atom. The lowest BCUT2D eigenvalue weighted by Gasteiger charge is -2.18. The minimum atomic E-state index is -3.60. The largest absolute Gasteiger partial charge is 0.497 e. The van der Waals surface area contributed by atoms with Gasteiger partial charge in [0, 0.05) is 0 Å². The number of ether oxygens (including phenoxy) is 2. The van der Waals surface area contributed by atoms with Crippen LogP contribution in [-0.4, -0.2) is 28.2 Å². The van der Waals surface area contributed by atoms with Gasteiger partial charge in [-0.15, -0.1) is 0 Å². The van der Waals surface area contributed by atoms with E-state index < -0.39 is 10.0 Å². The second-order valence-electron chi connectivity index (χ2n) is 6.24. The van der Waals surface area contributed by atoms with E-state index in [4.69, 9.17) is 9.47 Å². The molecule has 2 aromatic rings. The van der Waals surface area contributed by atoms with Crippen molar-refractivity contribution in [3.8, 4) is 11.5 Å². The maximum Gasteiger partial charge on any atom is 0.241 e. The Morgan fingerprint density at radius 1 is 1.00 bits per heavy atom. The Morgan fingerprint density at radius 3 is 2.04 bits per heavy atom. The Kier molecular flexibility index (Phi) is 6.08. The van der Waals surface area contributed by atoms with Crippen molar-refractivity contribution >= 4 is 10.0 Å². The standard InChI is InChI=1S/C19H25NO4S/c1-13-10-14(2)19(15(3)11-13)25(21,22)20-16(4)12-24-18-8-6-17(23-5)7-9-18/h6-11,16,20H,12H2,1-5H3/t16-/m0/s1. The molecule has 0 amide bonds. The van der Waals surface area contributed by atoms with Crippen molar-refractivity contribution in [1.29, 1.82) is 0 Å². The van der Waals surface area contributed by atoms with Crippen LogP contribution in [0.25, 0.3) is 0 Å². The zero-order valence-corrected chi connectivity index (χ0v) is 16.1. The van der Waals surface area contributed by atoms with Crippen LogP contribution in [0.4, 0.5) is 0 Å². The van der Waals surface area contributed by atoms with E-state index in [-0.39, 0.29) is 12.6 Å². The van der Waals surface area contributed by atoms with Crippen LogP contribution in [0, 0.1) is 20.8 Å². The Labute approximate surface area is 150 Å². The van der Waals surface area contributed by atoms with Crippen molar-refractivity contribution in [2.45, 2.75) is 38.6 Å². The van der Waals surface area contributed by atoms with Crippen molar-refractivity contribution in [2.24, 2.45) is 0 Å². The van der Waals surface area contributed by atoms with Gasteiger partial charge in [-0.05, 0) is 63.1 Å². The van der Waals surface area contributed by atoms with E-state index >= 15 is 0 Å². The summed E-state index contributed by atoms with van der Waals surface area (Å²) in [6.07, 6.45) is 0. The number of aryl methyl sites for hydroxylation is 3. The summed E-state index contributed by atoms with van der Waals surface area (Å²) in [4.78, 5) is 0.342. The number of hydrogen-bond acceptors (Lipinski definition) is 4. The number of methoxy groups -OCH3 is 1. The van der Waals surface area contributed by atoms with E-state index in [1.54, 1.807) is 38.3 Å². The van der Waals surface area contributed by atoms with Crippen LogP contribution in [0.15, 0.2) is 41.3 Å². The third kappa shape index (κ3) is 4.96. The van der Waals surface area contributed by atoms with Crippen molar-refractivity contribution in [3.63, 3.8) is 0 Å². The van der Waals surface area contributed by atoms with E-state index in [1.807, 2.05) is 32.9 Å². The highest BCUT2D eigenvalue weighted by molar-refractivity contribution is 7.89. The molecule has 0 aliphatic rings. The average molecular weight is 363 g/mol. The Balaban J connectivity index is 2.04. The fraction of sp³-hybridized carbons (Fsp3) is 0.368. The van der Waals surface area contributed by atoms with E-state index in [0.717, 1.165) is 22.4 Å². The monoisotopic (exact) mass is 363 g/mol. The third-order valence-corrected chi connectivity index (χ3v) is 5.68. The first kappa shape index (κ1) is 19.3. The van der Waals surface area contributed by atoms with Gasteiger partial charge in [-0.1, -0.05) is 17.7 Å². The summed E-state index contributed by atoms with van der Waals surface area (Å²) >= 11 is 0. The van der Waals surface area contributed by atoms with Crippen molar-refractivity contribution < 1.29 is 17.9 Å². The third-order valence-electron chi connectivity index (χ3n) is 3.79. The minimum absolute atomic E-state index is 0.232. The van der Waals surface area contributed by atoms with Crippen molar-refractivity contribution in [1.82, 2.24) is 4.72 Å². The topological polar surface area (TPSA) is 64.6 Å². The van der Waals surface area contributed by atoms with Gasteiger partial charge in [0.25, 0.3) is 0 Å². The van der Waals surface area contributed by atoms with Crippen LogP contribution in [0.5, 0.6) is 11.5 Å². The van der Waals surface area contributed by atoms with Gasteiger partial charge in [0.1, 0.15) is 18.1 Å². The predicted octanol–water partition coefficient (Wildman–Crippen LogP) is 3.37. The number of benzene rings is 2. The molecule has 2 rings (SSSR count). The molecule has 25 heavy (non-hydrogen) atoms. The summed E-state index contributed by atoms with van der Waals surface area (Å²) in [6.45, 7) is 7.59. The first-order valence-corrected chi connectivity index (χ1v) is 9.58. The van der Waals surface area contributed by atoms with Crippen LogP contribution >= 0.6 is 0 Å². The quantitative estimate of drug-likeness (QED) is 0.819. The van der Waals surface area contributed by atoms with Gasteiger partial charge < -0.3 is 9.47 Å². The highest BCUT2D eigenvalue weighted by atomic mass is 32.2. The molecule has 0 spiro atoms. The highest BCUT2D eigenvalue weighted by Gasteiger charge is 2.22.